The molecule has 3 nitrogen and oxygen atoms in total. The summed E-state index contributed by atoms with van der Waals surface area (Å²) in [6.07, 6.45) is 0.223. The van der Waals surface area contributed by atoms with Crippen LogP contribution in [0, 0.1) is 6.92 Å². The molecule has 0 aromatic heterocycles. The molecule has 0 aliphatic rings. The minimum atomic E-state index is -0.408. The van der Waals surface area contributed by atoms with Crippen molar-refractivity contribution in [3.05, 3.63) is 42.8 Å². The van der Waals surface area contributed by atoms with Crippen molar-refractivity contribution in [1.82, 2.24) is 0 Å². The molecule has 1 radical (unpaired) electrons. The van der Waals surface area contributed by atoms with Crippen molar-refractivity contribution in [2.24, 2.45) is 0 Å². The third-order valence-electron chi connectivity index (χ3n) is 1.43. The van der Waals surface area contributed by atoms with Crippen LogP contribution in [0.3, 0.4) is 0 Å². The van der Waals surface area contributed by atoms with E-state index < -0.39 is 5.97 Å². The number of benzene rings is 1. The van der Waals surface area contributed by atoms with Gasteiger partial charge >= 0.3 is 5.97 Å². The molecule has 0 aliphatic carbocycles. The van der Waals surface area contributed by atoms with Crippen LogP contribution in [0.5, 0.6) is 0 Å². The van der Waals surface area contributed by atoms with Gasteiger partial charge in [0.25, 0.3) is 0 Å². The largest absolute Gasteiger partial charge is 0.346 e. The van der Waals surface area contributed by atoms with E-state index in [9.17, 15) is 4.79 Å². The van der Waals surface area contributed by atoms with Gasteiger partial charge in [0, 0.05) is 0 Å². The molecule has 0 N–H and O–H groups in total. The van der Waals surface area contributed by atoms with E-state index in [-0.39, 0.29) is 13.0 Å². The molecular formula is C10H11O3. The van der Waals surface area contributed by atoms with E-state index in [2.05, 4.69) is 16.7 Å². The molecule has 0 bridgehead atoms. The van der Waals surface area contributed by atoms with E-state index in [1.165, 1.54) is 0 Å². The first-order chi connectivity index (χ1) is 6.33. The monoisotopic (exact) mass is 179 g/mol. The molecule has 0 saturated carbocycles. The number of carbonyl (C=O) groups is 1. The molecule has 0 fully saturated rings. The third kappa shape index (κ3) is 3.71. The number of carbonyl (C=O) groups excluding carboxylic acids is 1. The van der Waals surface area contributed by atoms with Crippen LogP contribution in [0.4, 0.5) is 0 Å². The summed E-state index contributed by atoms with van der Waals surface area (Å²) in [6, 6.07) is 9.33. The predicted octanol–water partition coefficient (Wildman–Crippen LogP) is 1.54. The second-order valence-electron chi connectivity index (χ2n) is 2.44. The minimum absolute atomic E-state index is 0.126. The number of rotatable bonds is 4. The molecule has 0 heterocycles. The topological polar surface area (TPSA) is 35.5 Å². The van der Waals surface area contributed by atoms with Gasteiger partial charge in [-0.05, 0) is 12.5 Å². The first-order valence-electron chi connectivity index (χ1n) is 3.98. The van der Waals surface area contributed by atoms with Gasteiger partial charge < -0.3 is 0 Å². The normalized spacial score (nSPS) is 9.62. The second kappa shape index (κ2) is 5.32. The van der Waals surface area contributed by atoms with Crippen LogP contribution in [0.1, 0.15) is 5.56 Å². The molecule has 0 amide bonds. The Hall–Kier alpha value is -1.35. The molecule has 1 aromatic rings. The predicted molar refractivity (Wildman–Crippen MR) is 47.5 cm³/mol. The van der Waals surface area contributed by atoms with Crippen LogP contribution in [0.15, 0.2) is 30.3 Å². The van der Waals surface area contributed by atoms with Crippen molar-refractivity contribution < 1.29 is 14.6 Å². The average molecular weight is 179 g/mol. The van der Waals surface area contributed by atoms with E-state index >= 15 is 0 Å². The SMILES string of the molecule is [CH2]COOC(=O)Cc1ccccc1. The van der Waals surface area contributed by atoms with Crippen LogP contribution in [0.2, 0.25) is 0 Å². The second-order valence-corrected chi connectivity index (χ2v) is 2.44. The van der Waals surface area contributed by atoms with Gasteiger partial charge in [0.05, 0.1) is 13.0 Å². The van der Waals surface area contributed by atoms with Crippen molar-refractivity contribution in [3.63, 3.8) is 0 Å². The molecule has 0 saturated heterocycles. The summed E-state index contributed by atoms with van der Waals surface area (Å²) in [4.78, 5) is 19.8. The minimum Gasteiger partial charge on any atom is -0.298 e. The lowest BCUT2D eigenvalue weighted by atomic mass is 10.2. The Kier molecular flexibility index (Phi) is 3.99. The van der Waals surface area contributed by atoms with Crippen molar-refractivity contribution in [2.45, 2.75) is 6.42 Å². The summed E-state index contributed by atoms with van der Waals surface area (Å²) in [5.74, 6) is -0.408. The first-order valence-corrected chi connectivity index (χ1v) is 3.98. The van der Waals surface area contributed by atoms with Crippen molar-refractivity contribution in [3.8, 4) is 0 Å². The first kappa shape index (κ1) is 9.74. The lowest BCUT2D eigenvalue weighted by molar-refractivity contribution is -0.265. The van der Waals surface area contributed by atoms with Crippen molar-refractivity contribution in [1.29, 1.82) is 0 Å². The summed E-state index contributed by atoms with van der Waals surface area (Å²) in [5.41, 5.74) is 0.903. The zero-order valence-corrected chi connectivity index (χ0v) is 7.23. The quantitative estimate of drug-likeness (QED) is 0.519. The van der Waals surface area contributed by atoms with Crippen molar-refractivity contribution >= 4 is 5.97 Å². The summed E-state index contributed by atoms with van der Waals surface area (Å²) in [5, 5.41) is 0. The van der Waals surface area contributed by atoms with Gasteiger partial charge in [0.2, 0.25) is 0 Å². The van der Waals surface area contributed by atoms with E-state index in [0.717, 1.165) is 5.56 Å². The van der Waals surface area contributed by atoms with E-state index in [0.29, 0.717) is 0 Å². The maximum atomic E-state index is 11.0. The maximum Gasteiger partial charge on any atom is 0.346 e. The van der Waals surface area contributed by atoms with E-state index in [1.807, 2.05) is 30.3 Å². The number of hydrogen-bond acceptors (Lipinski definition) is 3. The van der Waals surface area contributed by atoms with Gasteiger partial charge in [-0.15, -0.1) is 0 Å². The van der Waals surface area contributed by atoms with Gasteiger partial charge in [0.1, 0.15) is 0 Å². The van der Waals surface area contributed by atoms with Crippen LogP contribution < -0.4 is 0 Å². The van der Waals surface area contributed by atoms with E-state index in [1.54, 1.807) is 0 Å². The van der Waals surface area contributed by atoms with Gasteiger partial charge in [-0.1, -0.05) is 30.3 Å². The summed E-state index contributed by atoms with van der Waals surface area (Å²) < 4.78 is 0. The Morgan fingerprint density at radius 1 is 1.31 bits per heavy atom. The maximum absolute atomic E-state index is 11.0. The Balaban J connectivity index is 2.37. The highest BCUT2D eigenvalue weighted by Gasteiger charge is 2.04. The van der Waals surface area contributed by atoms with Crippen LogP contribution in [-0.4, -0.2) is 12.6 Å². The fraction of sp³-hybridized carbons (Fsp3) is 0.200. The highest BCUT2D eigenvalue weighted by atomic mass is 17.2. The van der Waals surface area contributed by atoms with Gasteiger partial charge in [-0.3, -0.25) is 4.89 Å². The zero-order chi connectivity index (χ0) is 9.52. The summed E-state index contributed by atoms with van der Waals surface area (Å²) in [7, 11) is 0. The molecular weight excluding hydrogens is 168 g/mol. The molecule has 0 aliphatic heterocycles. The molecule has 3 heteroatoms. The number of hydrogen-bond donors (Lipinski definition) is 0. The molecule has 1 aromatic carbocycles. The Labute approximate surface area is 77.2 Å². The Morgan fingerprint density at radius 2 is 2.00 bits per heavy atom. The van der Waals surface area contributed by atoms with Crippen LogP contribution in [-0.2, 0) is 21.0 Å². The van der Waals surface area contributed by atoms with Gasteiger partial charge in [-0.2, -0.15) is 4.89 Å². The highest BCUT2D eigenvalue weighted by molar-refractivity contribution is 5.71. The fourth-order valence-electron chi connectivity index (χ4n) is 0.899. The fourth-order valence-corrected chi connectivity index (χ4v) is 0.899. The van der Waals surface area contributed by atoms with E-state index in [4.69, 9.17) is 0 Å². The smallest absolute Gasteiger partial charge is 0.298 e. The molecule has 1 rings (SSSR count). The lowest BCUT2D eigenvalue weighted by Gasteiger charge is -2.00. The molecule has 0 atom stereocenters. The zero-order valence-electron chi connectivity index (χ0n) is 7.23. The standard InChI is InChI=1S/C10H11O3/c1-2-12-13-10(11)8-9-6-4-3-5-7-9/h3-7H,1-2,8H2. The Morgan fingerprint density at radius 3 is 2.62 bits per heavy atom. The van der Waals surface area contributed by atoms with Gasteiger partial charge in [-0.25, -0.2) is 4.79 Å². The third-order valence-corrected chi connectivity index (χ3v) is 1.43. The molecule has 13 heavy (non-hydrogen) atoms. The molecule has 69 valence electrons. The van der Waals surface area contributed by atoms with Crippen LogP contribution in [0.25, 0.3) is 0 Å². The Bertz CT molecular complexity index is 256. The average Bonchev–Trinajstić information content (AvgIpc) is 2.16. The van der Waals surface area contributed by atoms with Crippen LogP contribution >= 0.6 is 0 Å². The summed E-state index contributed by atoms with van der Waals surface area (Å²) in [6.45, 7) is 3.49. The van der Waals surface area contributed by atoms with Gasteiger partial charge in [0.15, 0.2) is 0 Å². The molecule has 0 spiro atoms. The van der Waals surface area contributed by atoms with Crippen molar-refractivity contribution in [2.75, 3.05) is 6.61 Å². The lowest BCUT2D eigenvalue weighted by Crippen LogP contribution is -2.08. The highest BCUT2D eigenvalue weighted by Crippen LogP contribution is 2.00. The molecule has 0 unspecified atom stereocenters. The summed E-state index contributed by atoms with van der Waals surface area (Å²) >= 11 is 0.